The molecule has 0 amide bonds. The van der Waals surface area contributed by atoms with Gasteiger partial charge in [-0.1, -0.05) is 23.7 Å². The van der Waals surface area contributed by atoms with Crippen molar-refractivity contribution >= 4 is 41.2 Å². The number of halogens is 1. The molecule has 98 valence electrons. The molecule has 0 unspecified atom stereocenters. The summed E-state index contributed by atoms with van der Waals surface area (Å²) in [6, 6.07) is 7.78. The van der Waals surface area contributed by atoms with Gasteiger partial charge in [-0.05, 0) is 25.3 Å². The van der Waals surface area contributed by atoms with E-state index in [2.05, 4.69) is 15.3 Å². The average molecular weight is 294 g/mol. The van der Waals surface area contributed by atoms with Crippen LogP contribution in [0, 0.1) is 6.92 Å². The molecule has 0 aliphatic rings. The molecule has 4 nitrogen and oxygen atoms in total. The molecule has 2 aromatic rings. The minimum Gasteiger partial charge on any atom is -0.339 e. The maximum atomic E-state index is 11.1. The molecule has 19 heavy (non-hydrogen) atoms. The zero-order valence-electron chi connectivity index (χ0n) is 10.5. The Morgan fingerprint density at radius 3 is 2.74 bits per heavy atom. The van der Waals surface area contributed by atoms with Crippen LogP contribution >= 0.6 is 23.4 Å². The zero-order valence-corrected chi connectivity index (χ0v) is 12.0. The van der Waals surface area contributed by atoms with Gasteiger partial charge in [0.15, 0.2) is 6.29 Å². The molecule has 1 N–H and O–H groups in total. The van der Waals surface area contributed by atoms with Gasteiger partial charge >= 0.3 is 0 Å². The van der Waals surface area contributed by atoms with E-state index in [1.54, 1.807) is 18.7 Å². The highest BCUT2D eigenvalue weighted by Crippen LogP contribution is 2.29. The first-order valence-electron chi connectivity index (χ1n) is 5.55. The van der Waals surface area contributed by atoms with E-state index >= 15 is 0 Å². The number of anilines is 2. The van der Waals surface area contributed by atoms with E-state index in [1.165, 1.54) is 0 Å². The number of hydrogen-bond acceptors (Lipinski definition) is 5. The molecule has 0 saturated heterocycles. The Labute approximate surface area is 120 Å². The van der Waals surface area contributed by atoms with Crippen LogP contribution in [0.25, 0.3) is 0 Å². The van der Waals surface area contributed by atoms with E-state index in [1.807, 2.05) is 30.5 Å². The van der Waals surface area contributed by atoms with E-state index in [0.717, 1.165) is 10.6 Å². The fraction of sp³-hybridized carbons (Fsp3) is 0.154. The van der Waals surface area contributed by atoms with E-state index in [0.29, 0.717) is 17.9 Å². The molecule has 0 aliphatic heterocycles. The average Bonchev–Trinajstić information content (AvgIpc) is 2.39. The monoisotopic (exact) mass is 293 g/mol. The molecule has 1 heterocycles. The standard InChI is InChI=1S/C13H12ClN3OS/c1-8-15-12(14)9(7-18)13(16-8)17-10-5-3-4-6-11(10)19-2/h3-7H,1-2H3,(H,15,16,17). The second kappa shape index (κ2) is 6.04. The van der Waals surface area contributed by atoms with Gasteiger partial charge in [0.2, 0.25) is 0 Å². The van der Waals surface area contributed by atoms with Crippen LogP contribution in [0.1, 0.15) is 16.2 Å². The van der Waals surface area contributed by atoms with Crippen molar-refractivity contribution in [3.63, 3.8) is 0 Å². The lowest BCUT2D eigenvalue weighted by Crippen LogP contribution is -2.03. The second-order valence-corrected chi connectivity index (χ2v) is 4.97. The Balaban J connectivity index is 2.46. The molecule has 0 radical (unpaired) electrons. The first-order chi connectivity index (χ1) is 9.15. The van der Waals surface area contributed by atoms with E-state index in [-0.39, 0.29) is 10.7 Å². The summed E-state index contributed by atoms with van der Waals surface area (Å²) in [6.07, 6.45) is 2.64. The number of thioether (sulfide) groups is 1. The predicted octanol–water partition coefficient (Wildman–Crippen LogP) is 3.72. The van der Waals surface area contributed by atoms with Gasteiger partial charge in [0, 0.05) is 4.90 Å². The van der Waals surface area contributed by atoms with Crippen molar-refractivity contribution < 1.29 is 4.79 Å². The summed E-state index contributed by atoms with van der Waals surface area (Å²) in [5.74, 6) is 0.939. The molecule has 0 saturated carbocycles. The number of carbonyl (C=O) groups is 1. The molecular formula is C13H12ClN3OS. The number of aryl methyl sites for hydroxylation is 1. The topological polar surface area (TPSA) is 54.9 Å². The van der Waals surface area contributed by atoms with Crippen molar-refractivity contribution in [1.82, 2.24) is 9.97 Å². The summed E-state index contributed by atoms with van der Waals surface area (Å²) in [6.45, 7) is 1.73. The Morgan fingerprint density at radius 2 is 2.05 bits per heavy atom. The highest BCUT2D eigenvalue weighted by molar-refractivity contribution is 7.98. The third kappa shape index (κ3) is 3.05. The number of rotatable bonds is 4. The van der Waals surface area contributed by atoms with Gasteiger partial charge in [-0.3, -0.25) is 4.79 Å². The van der Waals surface area contributed by atoms with Crippen molar-refractivity contribution in [2.45, 2.75) is 11.8 Å². The van der Waals surface area contributed by atoms with Crippen molar-refractivity contribution in [2.75, 3.05) is 11.6 Å². The predicted molar refractivity (Wildman–Crippen MR) is 78.7 cm³/mol. The highest BCUT2D eigenvalue weighted by Gasteiger charge is 2.12. The number of para-hydroxylation sites is 1. The normalized spacial score (nSPS) is 10.3. The Kier molecular flexibility index (Phi) is 4.39. The lowest BCUT2D eigenvalue weighted by molar-refractivity contribution is 0.112. The highest BCUT2D eigenvalue weighted by atomic mass is 35.5. The first-order valence-corrected chi connectivity index (χ1v) is 7.15. The molecule has 1 aromatic carbocycles. The van der Waals surface area contributed by atoms with Crippen molar-refractivity contribution in [2.24, 2.45) is 0 Å². The van der Waals surface area contributed by atoms with Gasteiger partial charge in [-0.2, -0.15) is 0 Å². The van der Waals surface area contributed by atoms with Gasteiger partial charge in [0.25, 0.3) is 0 Å². The van der Waals surface area contributed by atoms with Gasteiger partial charge in [-0.15, -0.1) is 11.8 Å². The third-order valence-corrected chi connectivity index (χ3v) is 3.57. The largest absolute Gasteiger partial charge is 0.339 e. The van der Waals surface area contributed by atoms with Gasteiger partial charge in [-0.25, -0.2) is 9.97 Å². The molecule has 0 fully saturated rings. The quantitative estimate of drug-likeness (QED) is 0.529. The maximum absolute atomic E-state index is 11.1. The van der Waals surface area contributed by atoms with Gasteiger partial charge in [0.05, 0.1) is 11.3 Å². The molecular weight excluding hydrogens is 282 g/mol. The van der Waals surface area contributed by atoms with Crippen LogP contribution in [0.2, 0.25) is 5.15 Å². The van der Waals surface area contributed by atoms with Crippen molar-refractivity contribution in [1.29, 1.82) is 0 Å². The number of nitrogens with one attached hydrogen (secondary N) is 1. The third-order valence-electron chi connectivity index (χ3n) is 2.49. The van der Waals surface area contributed by atoms with Gasteiger partial charge in [0.1, 0.15) is 16.8 Å². The Morgan fingerprint density at radius 1 is 1.32 bits per heavy atom. The summed E-state index contributed by atoms with van der Waals surface area (Å²) >= 11 is 7.56. The number of aldehydes is 1. The van der Waals surface area contributed by atoms with Crippen molar-refractivity contribution in [3.05, 3.63) is 40.8 Å². The minimum atomic E-state index is 0.159. The van der Waals surface area contributed by atoms with Crippen LogP contribution in [0.5, 0.6) is 0 Å². The summed E-state index contributed by atoms with van der Waals surface area (Å²) in [4.78, 5) is 20.4. The van der Waals surface area contributed by atoms with E-state index in [4.69, 9.17) is 11.6 Å². The molecule has 2 rings (SSSR count). The van der Waals surface area contributed by atoms with Crippen LogP contribution in [-0.2, 0) is 0 Å². The van der Waals surface area contributed by atoms with Gasteiger partial charge < -0.3 is 5.32 Å². The SMILES string of the molecule is CSc1ccccc1Nc1nc(C)nc(Cl)c1C=O. The van der Waals surface area contributed by atoms with Crippen LogP contribution in [0.4, 0.5) is 11.5 Å². The molecule has 0 aliphatic carbocycles. The molecule has 0 atom stereocenters. The number of aromatic nitrogens is 2. The van der Waals surface area contributed by atoms with Crippen molar-refractivity contribution in [3.8, 4) is 0 Å². The number of nitrogens with zero attached hydrogens (tertiary/aromatic N) is 2. The van der Waals surface area contributed by atoms with E-state index in [9.17, 15) is 4.79 Å². The number of benzene rings is 1. The summed E-state index contributed by atoms with van der Waals surface area (Å²) in [7, 11) is 0. The molecule has 6 heteroatoms. The van der Waals surface area contributed by atoms with Crippen LogP contribution in [-0.4, -0.2) is 22.5 Å². The van der Waals surface area contributed by atoms with Crippen LogP contribution in [0.3, 0.4) is 0 Å². The zero-order chi connectivity index (χ0) is 13.8. The number of hydrogen-bond donors (Lipinski definition) is 1. The van der Waals surface area contributed by atoms with E-state index < -0.39 is 0 Å². The fourth-order valence-corrected chi connectivity index (χ4v) is 2.43. The molecule has 0 spiro atoms. The molecule has 0 bridgehead atoms. The minimum absolute atomic E-state index is 0.159. The smallest absolute Gasteiger partial charge is 0.156 e. The van der Waals surface area contributed by atoms with Crippen LogP contribution < -0.4 is 5.32 Å². The maximum Gasteiger partial charge on any atom is 0.156 e. The molecule has 1 aromatic heterocycles. The Hall–Kier alpha value is -1.59. The lowest BCUT2D eigenvalue weighted by Gasteiger charge is -2.12. The Bertz CT molecular complexity index is 619. The summed E-state index contributed by atoms with van der Waals surface area (Å²) in [5.41, 5.74) is 1.15. The van der Waals surface area contributed by atoms with Crippen LogP contribution in [0.15, 0.2) is 29.2 Å². The first kappa shape index (κ1) is 13.8. The second-order valence-electron chi connectivity index (χ2n) is 3.77. The summed E-state index contributed by atoms with van der Waals surface area (Å²) in [5, 5.41) is 3.30. The lowest BCUT2D eigenvalue weighted by atomic mass is 10.3. The summed E-state index contributed by atoms with van der Waals surface area (Å²) < 4.78 is 0. The fourth-order valence-electron chi connectivity index (χ4n) is 1.62. The number of carbonyl (C=O) groups excluding carboxylic acids is 1.